The molecule has 0 aliphatic heterocycles. The van der Waals surface area contributed by atoms with E-state index < -0.39 is 0 Å². The average Bonchev–Trinajstić information content (AvgIpc) is 2.76. The number of hydrogen-bond donors (Lipinski definition) is 1. The highest BCUT2D eigenvalue weighted by molar-refractivity contribution is 9.10. The molecule has 0 saturated heterocycles. The van der Waals surface area contributed by atoms with Crippen LogP contribution in [0.5, 0.6) is 0 Å². The quantitative estimate of drug-likeness (QED) is 0.871. The molecule has 0 unspecified atom stereocenters. The number of halogens is 1. The summed E-state index contributed by atoms with van der Waals surface area (Å²) >= 11 is 3.31. The van der Waals surface area contributed by atoms with Gasteiger partial charge in [-0.2, -0.15) is 0 Å². The summed E-state index contributed by atoms with van der Waals surface area (Å²) in [6.07, 6.45) is 6.07. The van der Waals surface area contributed by atoms with Crippen LogP contribution in [0.4, 0.5) is 5.69 Å². The van der Waals surface area contributed by atoms with Crippen molar-refractivity contribution in [3.05, 3.63) is 47.0 Å². The first kappa shape index (κ1) is 11.2. The fraction of sp³-hybridized carbons (Fsp3) is 0.250. The Kier molecular flexibility index (Phi) is 3.62. The third kappa shape index (κ3) is 2.85. The summed E-state index contributed by atoms with van der Waals surface area (Å²) in [4.78, 5) is 4.16. The molecule has 0 amide bonds. The van der Waals surface area contributed by atoms with Crippen LogP contribution >= 0.6 is 15.9 Å². The van der Waals surface area contributed by atoms with E-state index in [2.05, 4.69) is 56.2 Å². The van der Waals surface area contributed by atoms with Crippen molar-refractivity contribution in [1.82, 2.24) is 9.55 Å². The van der Waals surface area contributed by atoms with Crippen LogP contribution in [-0.2, 0) is 13.1 Å². The molecular formula is C12H14BrN3. The number of pyridine rings is 1. The molecule has 4 heteroatoms. The lowest BCUT2D eigenvalue weighted by Crippen LogP contribution is -1.98. The molecular weight excluding hydrogens is 266 g/mol. The Morgan fingerprint density at radius 2 is 2.25 bits per heavy atom. The molecule has 2 aromatic rings. The van der Waals surface area contributed by atoms with E-state index in [0.29, 0.717) is 0 Å². The molecule has 2 rings (SSSR count). The molecule has 0 radical (unpaired) electrons. The largest absolute Gasteiger partial charge is 0.380 e. The monoisotopic (exact) mass is 279 g/mol. The van der Waals surface area contributed by atoms with Gasteiger partial charge in [-0.05, 0) is 46.6 Å². The first-order valence-corrected chi connectivity index (χ1v) is 6.07. The van der Waals surface area contributed by atoms with Gasteiger partial charge in [0.05, 0.1) is 11.9 Å². The number of rotatable bonds is 4. The molecule has 1 N–H and O–H groups in total. The summed E-state index contributed by atoms with van der Waals surface area (Å²) in [5.74, 6) is 0. The normalized spacial score (nSPS) is 10.4. The molecule has 0 aliphatic rings. The van der Waals surface area contributed by atoms with Gasteiger partial charge in [-0.15, -0.1) is 0 Å². The van der Waals surface area contributed by atoms with Gasteiger partial charge in [0.1, 0.15) is 4.60 Å². The van der Waals surface area contributed by atoms with E-state index in [0.717, 1.165) is 23.4 Å². The van der Waals surface area contributed by atoms with Crippen LogP contribution in [0.15, 0.2) is 41.4 Å². The summed E-state index contributed by atoms with van der Waals surface area (Å²) < 4.78 is 3.02. The highest BCUT2D eigenvalue weighted by Crippen LogP contribution is 2.12. The second-order valence-corrected chi connectivity index (χ2v) is 4.39. The third-order valence-electron chi connectivity index (χ3n) is 2.40. The van der Waals surface area contributed by atoms with E-state index in [1.165, 1.54) is 5.56 Å². The number of nitrogens with zero attached hydrogens (tertiary/aromatic N) is 2. The van der Waals surface area contributed by atoms with Gasteiger partial charge in [-0.1, -0.05) is 0 Å². The summed E-state index contributed by atoms with van der Waals surface area (Å²) in [5.41, 5.74) is 2.32. The molecule has 0 fully saturated rings. The first-order chi connectivity index (χ1) is 7.78. The van der Waals surface area contributed by atoms with Crippen molar-refractivity contribution in [2.45, 2.75) is 20.0 Å². The fourth-order valence-electron chi connectivity index (χ4n) is 1.48. The van der Waals surface area contributed by atoms with Crippen LogP contribution < -0.4 is 5.32 Å². The highest BCUT2D eigenvalue weighted by atomic mass is 79.9. The second-order valence-electron chi connectivity index (χ2n) is 3.57. The SMILES string of the molecule is CCn1ccc(CNc2ccc(Br)nc2)c1. The van der Waals surface area contributed by atoms with E-state index >= 15 is 0 Å². The maximum atomic E-state index is 4.16. The zero-order valence-electron chi connectivity index (χ0n) is 9.15. The maximum Gasteiger partial charge on any atom is 0.106 e. The predicted molar refractivity (Wildman–Crippen MR) is 69.4 cm³/mol. The Bertz CT molecular complexity index is 448. The molecule has 3 nitrogen and oxygen atoms in total. The Balaban J connectivity index is 1.94. The first-order valence-electron chi connectivity index (χ1n) is 5.28. The molecule has 0 spiro atoms. The molecule has 0 bridgehead atoms. The third-order valence-corrected chi connectivity index (χ3v) is 2.87. The highest BCUT2D eigenvalue weighted by Gasteiger charge is 1.96. The van der Waals surface area contributed by atoms with Crippen molar-refractivity contribution in [2.75, 3.05) is 5.32 Å². The smallest absolute Gasteiger partial charge is 0.106 e. The van der Waals surface area contributed by atoms with Gasteiger partial charge in [0.25, 0.3) is 0 Å². The van der Waals surface area contributed by atoms with Crippen molar-refractivity contribution < 1.29 is 0 Å². The standard InChI is InChI=1S/C12H14BrN3/c1-2-16-6-5-10(9-16)7-14-11-3-4-12(13)15-8-11/h3-6,8-9,14H,2,7H2,1H3. The van der Waals surface area contributed by atoms with Gasteiger partial charge in [-0.25, -0.2) is 4.98 Å². The average molecular weight is 280 g/mol. The van der Waals surface area contributed by atoms with Crippen LogP contribution in [0.3, 0.4) is 0 Å². The number of aryl methyl sites for hydroxylation is 1. The van der Waals surface area contributed by atoms with E-state index in [4.69, 9.17) is 0 Å². The van der Waals surface area contributed by atoms with Crippen molar-refractivity contribution >= 4 is 21.6 Å². The molecule has 2 aromatic heterocycles. The van der Waals surface area contributed by atoms with E-state index in [-0.39, 0.29) is 0 Å². The number of anilines is 1. The second kappa shape index (κ2) is 5.16. The van der Waals surface area contributed by atoms with E-state index in [1.54, 1.807) is 0 Å². The Morgan fingerprint density at radius 1 is 1.38 bits per heavy atom. The van der Waals surface area contributed by atoms with Gasteiger partial charge in [0.2, 0.25) is 0 Å². The van der Waals surface area contributed by atoms with Crippen LogP contribution in [0.2, 0.25) is 0 Å². The lowest BCUT2D eigenvalue weighted by atomic mass is 10.3. The minimum absolute atomic E-state index is 0.830. The molecule has 0 atom stereocenters. The van der Waals surface area contributed by atoms with Gasteiger partial charge < -0.3 is 9.88 Å². The lowest BCUT2D eigenvalue weighted by Gasteiger charge is -2.04. The van der Waals surface area contributed by atoms with Gasteiger partial charge in [-0.3, -0.25) is 0 Å². The topological polar surface area (TPSA) is 29.9 Å². The lowest BCUT2D eigenvalue weighted by molar-refractivity contribution is 0.766. The van der Waals surface area contributed by atoms with Crippen LogP contribution in [0.25, 0.3) is 0 Å². The molecule has 84 valence electrons. The molecule has 16 heavy (non-hydrogen) atoms. The summed E-state index contributed by atoms with van der Waals surface area (Å²) in [7, 11) is 0. The van der Waals surface area contributed by atoms with Gasteiger partial charge in [0, 0.05) is 25.5 Å². The van der Waals surface area contributed by atoms with Crippen LogP contribution in [0, 0.1) is 0 Å². The summed E-state index contributed by atoms with van der Waals surface area (Å²) in [5, 5.41) is 3.33. The Labute approximate surface area is 104 Å². The molecule has 0 saturated carbocycles. The van der Waals surface area contributed by atoms with Crippen molar-refractivity contribution in [3.8, 4) is 0 Å². The summed E-state index contributed by atoms with van der Waals surface area (Å²) in [6, 6.07) is 6.07. The van der Waals surface area contributed by atoms with Gasteiger partial charge in [0.15, 0.2) is 0 Å². The minimum atomic E-state index is 0.830. The molecule has 0 aromatic carbocycles. The Morgan fingerprint density at radius 3 is 2.88 bits per heavy atom. The number of hydrogen-bond acceptors (Lipinski definition) is 2. The zero-order chi connectivity index (χ0) is 11.4. The number of nitrogens with one attached hydrogen (secondary N) is 1. The number of aromatic nitrogens is 2. The van der Waals surface area contributed by atoms with Crippen LogP contribution in [-0.4, -0.2) is 9.55 Å². The fourth-order valence-corrected chi connectivity index (χ4v) is 1.71. The molecule has 0 aliphatic carbocycles. The van der Waals surface area contributed by atoms with E-state index in [1.807, 2.05) is 18.3 Å². The maximum absolute atomic E-state index is 4.16. The van der Waals surface area contributed by atoms with Gasteiger partial charge >= 0.3 is 0 Å². The Hall–Kier alpha value is -1.29. The van der Waals surface area contributed by atoms with E-state index in [9.17, 15) is 0 Å². The van der Waals surface area contributed by atoms with Crippen molar-refractivity contribution in [2.24, 2.45) is 0 Å². The zero-order valence-corrected chi connectivity index (χ0v) is 10.7. The van der Waals surface area contributed by atoms with Crippen LogP contribution in [0.1, 0.15) is 12.5 Å². The minimum Gasteiger partial charge on any atom is -0.380 e. The van der Waals surface area contributed by atoms with Crippen molar-refractivity contribution in [3.63, 3.8) is 0 Å². The summed E-state index contributed by atoms with van der Waals surface area (Å²) in [6.45, 7) is 3.98. The predicted octanol–water partition coefficient (Wildman–Crippen LogP) is 3.28. The molecule has 2 heterocycles. The van der Waals surface area contributed by atoms with Crippen molar-refractivity contribution in [1.29, 1.82) is 0 Å².